The summed E-state index contributed by atoms with van der Waals surface area (Å²) in [4.78, 5) is 22.0. The molecule has 0 spiro atoms. The summed E-state index contributed by atoms with van der Waals surface area (Å²) >= 11 is 0. The summed E-state index contributed by atoms with van der Waals surface area (Å²) in [5.41, 5.74) is 0. The number of carboxylic acid groups (broad SMARTS) is 1. The van der Waals surface area contributed by atoms with Crippen molar-refractivity contribution in [2.24, 2.45) is 11.8 Å². The Kier molecular flexibility index (Phi) is 4.12. The molecule has 1 saturated carbocycles. The molecule has 0 heterocycles. The number of amides is 2. The summed E-state index contributed by atoms with van der Waals surface area (Å²) in [6.45, 7) is 3.97. The molecule has 0 aromatic heterocycles. The van der Waals surface area contributed by atoms with Gasteiger partial charge in [0.2, 0.25) is 0 Å². The van der Waals surface area contributed by atoms with E-state index in [9.17, 15) is 9.59 Å². The van der Waals surface area contributed by atoms with E-state index in [1.807, 2.05) is 0 Å². The van der Waals surface area contributed by atoms with Gasteiger partial charge in [0.15, 0.2) is 6.04 Å². The predicted molar refractivity (Wildman–Crippen MR) is 56.9 cm³/mol. The highest BCUT2D eigenvalue weighted by molar-refractivity contribution is 5.82. The summed E-state index contributed by atoms with van der Waals surface area (Å²) < 4.78 is 0. The zero-order valence-electron chi connectivity index (χ0n) is 9.43. The Bertz CT molecular complexity index is 280. The van der Waals surface area contributed by atoms with Crippen molar-refractivity contribution in [3.8, 4) is 0 Å². The van der Waals surface area contributed by atoms with Crippen LogP contribution in [-0.2, 0) is 4.79 Å². The smallest absolute Gasteiger partial charge is 0.328 e. The van der Waals surface area contributed by atoms with Crippen molar-refractivity contribution >= 4 is 12.0 Å². The molecule has 0 aromatic carbocycles. The van der Waals surface area contributed by atoms with E-state index in [2.05, 4.69) is 17.6 Å². The van der Waals surface area contributed by atoms with E-state index >= 15 is 0 Å². The quantitative estimate of drug-likeness (QED) is 0.524. The highest BCUT2D eigenvalue weighted by atomic mass is 16.4. The molecule has 1 fully saturated rings. The van der Waals surface area contributed by atoms with Gasteiger partial charge in [0, 0.05) is 6.54 Å². The molecule has 6 nitrogen and oxygen atoms in total. The van der Waals surface area contributed by atoms with E-state index in [0.29, 0.717) is 18.4 Å². The fourth-order valence-corrected chi connectivity index (χ4v) is 1.49. The summed E-state index contributed by atoms with van der Waals surface area (Å²) in [6.07, 6.45) is -0.0259. The average molecular weight is 230 g/mol. The first-order valence-electron chi connectivity index (χ1n) is 5.37. The van der Waals surface area contributed by atoms with Crippen LogP contribution in [0.15, 0.2) is 0 Å². The Balaban J connectivity index is 2.28. The van der Waals surface area contributed by atoms with Gasteiger partial charge >= 0.3 is 12.0 Å². The number of aliphatic hydroxyl groups is 1. The van der Waals surface area contributed by atoms with Crippen molar-refractivity contribution < 1.29 is 19.8 Å². The number of nitrogens with one attached hydrogen (secondary N) is 2. The summed E-state index contributed by atoms with van der Waals surface area (Å²) in [6, 6.07) is -1.82. The molecular formula is C10H18N2O4. The number of hydrogen-bond acceptors (Lipinski definition) is 3. The molecule has 6 heteroatoms. The highest BCUT2D eigenvalue weighted by Crippen LogP contribution is 2.36. The SMILES string of the molecule is CC(O)C(NC(=O)NCC1CC1C)C(=O)O. The zero-order chi connectivity index (χ0) is 12.3. The number of rotatable bonds is 5. The van der Waals surface area contributed by atoms with Crippen LogP contribution in [0.1, 0.15) is 20.3 Å². The number of urea groups is 1. The lowest BCUT2D eigenvalue weighted by atomic mass is 10.2. The second kappa shape index (κ2) is 5.16. The van der Waals surface area contributed by atoms with Crippen LogP contribution in [0.4, 0.5) is 4.79 Å². The Morgan fingerprint density at radius 2 is 2.06 bits per heavy atom. The van der Waals surface area contributed by atoms with E-state index in [-0.39, 0.29) is 0 Å². The van der Waals surface area contributed by atoms with E-state index < -0.39 is 24.1 Å². The first kappa shape index (κ1) is 12.8. The fraction of sp³-hybridized carbons (Fsp3) is 0.800. The van der Waals surface area contributed by atoms with E-state index in [1.54, 1.807) is 0 Å². The minimum atomic E-state index is -1.27. The lowest BCUT2D eigenvalue weighted by Gasteiger charge is -2.17. The van der Waals surface area contributed by atoms with Crippen LogP contribution in [0.2, 0.25) is 0 Å². The normalized spacial score (nSPS) is 26.7. The molecule has 2 amide bonds. The Morgan fingerprint density at radius 1 is 1.50 bits per heavy atom. The second-order valence-corrected chi connectivity index (χ2v) is 4.38. The van der Waals surface area contributed by atoms with Crippen molar-refractivity contribution in [2.75, 3.05) is 6.54 Å². The van der Waals surface area contributed by atoms with Gasteiger partial charge in [0.05, 0.1) is 6.10 Å². The first-order valence-corrected chi connectivity index (χ1v) is 5.37. The second-order valence-electron chi connectivity index (χ2n) is 4.38. The molecule has 1 aliphatic rings. The van der Waals surface area contributed by atoms with Gasteiger partial charge in [-0.3, -0.25) is 0 Å². The number of aliphatic hydroxyl groups excluding tert-OH is 1. The third kappa shape index (κ3) is 3.69. The van der Waals surface area contributed by atoms with Crippen molar-refractivity contribution in [1.29, 1.82) is 0 Å². The molecule has 4 atom stereocenters. The summed E-state index contributed by atoms with van der Waals surface area (Å²) in [7, 11) is 0. The number of aliphatic carboxylic acids is 1. The molecule has 92 valence electrons. The maximum Gasteiger partial charge on any atom is 0.328 e. The highest BCUT2D eigenvalue weighted by Gasteiger charge is 2.33. The van der Waals surface area contributed by atoms with Crippen LogP contribution in [-0.4, -0.2) is 40.9 Å². The van der Waals surface area contributed by atoms with Crippen LogP contribution < -0.4 is 10.6 Å². The van der Waals surface area contributed by atoms with Crippen LogP contribution >= 0.6 is 0 Å². The molecule has 16 heavy (non-hydrogen) atoms. The number of hydrogen-bond donors (Lipinski definition) is 4. The van der Waals surface area contributed by atoms with Gasteiger partial charge in [-0.25, -0.2) is 9.59 Å². The van der Waals surface area contributed by atoms with Gasteiger partial charge in [0.25, 0.3) is 0 Å². The van der Waals surface area contributed by atoms with Crippen molar-refractivity contribution in [3.63, 3.8) is 0 Å². The Hall–Kier alpha value is -1.30. The van der Waals surface area contributed by atoms with Crippen LogP contribution in [0, 0.1) is 11.8 Å². The summed E-state index contributed by atoms with van der Waals surface area (Å²) in [5.74, 6) is -0.113. The third-order valence-corrected chi connectivity index (χ3v) is 2.84. The minimum Gasteiger partial charge on any atom is -0.480 e. The number of carbonyl (C=O) groups is 2. The standard InChI is InChI=1S/C10H18N2O4/c1-5-3-7(5)4-11-10(16)12-8(6(2)13)9(14)15/h5-8,13H,3-4H2,1-2H3,(H,14,15)(H2,11,12,16). The predicted octanol–water partition coefficient (Wildman–Crippen LogP) is -0.224. The first-order chi connectivity index (χ1) is 7.41. The Labute approximate surface area is 94.0 Å². The molecule has 0 radical (unpaired) electrons. The van der Waals surface area contributed by atoms with Crippen LogP contribution in [0.3, 0.4) is 0 Å². The summed E-state index contributed by atoms with van der Waals surface area (Å²) in [5, 5.41) is 22.7. The minimum absolute atomic E-state index is 0.501. The average Bonchev–Trinajstić information content (AvgIpc) is 2.87. The van der Waals surface area contributed by atoms with Crippen LogP contribution in [0.25, 0.3) is 0 Å². The lowest BCUT2D eigenvalue weighted by molar-refractivity contribution is -0.141. The molecular weight excluding hydrogens is 212 g/mol. The van der Waals surface area contributed by atoms with Gasteiger partial charge in [-0.1, -0.05) is 6.92 Å². The van der Waals surface area contributed by atoms with E-state index in [0.717, 1.165) is 6.42 Å². The zero-order valence-corrected chi connectivity index (χ0v) is 9.43. The molecule has 0 aliphatic heterocycles. The lowest BCUT2D eigenvalue weighted by Crippen LogP contribution is -2.51. The van der Waals surface area contributed by atoms with E-state index in [1.165, 1.54) is 6.92 Å². The van der Waals surface area contributed by atoms with Crippen LogP contribution in [0.5, 0.6) is 0 Å². The Morgan fingerprint density at radius 3 is 2.44 bits per heavy atom. The van der Waals surface area contributed by atoms with E-state index in [4.69, 9.17) is 10.2 Å². The molecule has 4 N–H and O–H groups in total. The molecule has 4 unspecified atom stereocenters. The maximum absolute atomic E-state index is 11.3. The van der Waals surface area contributed by atoms with Crippen molar-refractivity contribution in [1.82, 2.24) is 10.6 Å². The molecule has 0 bridgehead atoms. The largest absolute Gasteiger partial charge is 0.480 e. The van der Waals surface area contributed by atoms with Crippen molar-refractivity contribution in [3.05, 3.63) is 0 Å². The number of carbonyl (C=O) groups excluding carboxylic acids is 1. The van der Waals surface area contributed by atoms with Crippen molar-refractivity contribution in [2.45, 2.75) is 32.4 Å². The van der Waals surface area contributed by atoms with Gasteiger partial charge < -0.3 is 20.8 Å². The van der Waals surface area contributed by atoms with Gasteiger partial charge in [-0.05, 0) is 25.2 Å². The molecule has 1 aliphatic carbocycles. The topological polar surface area (TPSA) is 98.7 Å². The molecule has 0 aromatic rings. The molecule has 0 saturated heterocycles. The monoisotopic (exact) mass is 230 g/mol. The fourth-order valence-electron chi connectivity index (χ4n) is 1.49. The third-order valence-electron chi connectivity index (χ3n) is 2.84. The van der Waals surface area contributed by atoms with Gasteiger partial charge in [0.1, 0.15) is 0 Å². The van der Waals surface area contributed by atoms with Gasteiger partial charge in [-0.15, -0.1) is 0 Å². The molecule has 1 rings (SSSR count). The maximum atomic E-state index is 11.3. The van der Waals surface area contributed by atoms with Gasteiger partial charge in [-0.2, -0.15) is 0 Å². The number of carboxylic acids is 1.